The lowest BCUT2D eigenvalue weighted by atomic mass is 10.3. The van der Waals surface area contributed by atoms with Gasteiger partial charge in [-0.25, -0.2) is 9.97 Å². The SMILES string of the molecule is O=C(Nc1cc(Br)cnc1Cl)c1ncccc1O. The van der Waals surface area contributed by atoms with Gasteiger partial charge in [-0.2, -0.15) is 0 Å². The Labute approximate surface area is 116 Å². The summed E-state index contributed by atoms with van der Waals surface area (Å²) in [5, 5.41) is 12.2. The van der Waals surface area contributed by atoms with Crippen LogP contribution in [0.5, 0.6) is 5.75 Å². The topological polar surface area (TPSA) is 75.1 Å². The zero-order chi connectivity index (χ0) is 13.1. The lowest BCUT2D eigenvalue weighted by Gasteiger charge is -2.07. The number of pyridine rings is 2. The number of amides is 1. The molecule has 0 aliphatic carbocycles. The molecular formula is C11H7BrClN3O2. The minimum atomic E-state index is -0.560. The first kappa shape index (κ1) is 12.8. The molecule has 0 aliphatic heterocycles. The zero-order valence-corrected chi connectivity index (χ0v) is 11.2. The number of rotatable bonds is 2. The van der Waals surface area contributed by atoms with E-state index in [1.807, 2.05) is 0 Å². The van der Waals surface area contributed by atoms with Crippen molar-refractivity contribution >= 4 is 39.1 Å². The third kappa shape index (κ3) is 2.77. The summed E-state index contributed by atoms with van der Waals surface area (Å²) in [5.74, 6) is -0.760. The Bertz CT molecular complexity index is 607. The molecular weight excluding hydrogens is 321 g/mol. The number of hydrogen-bond acceptors (Lipinski definition) is 4. The quantitative estimate of drug-likeness (QED) is 0.831. The van der Waals surface area contributed by atoms with Gasteiger partial charge in [0.2, 0.25) is 0 Å². The van der Waals surface area contributed by atoms with Gasteiger partial charge in [-0.05, 0) is 34.1 Å². The fraction of sp³-hybridized carbons (Fsp3) is 0. The van der Waals surface area contributed by atoms with Crippen molar-refractivity contribution < 1.29 is 9.90 Å². The Kier molecular flexibility index (Phi) is 3.78. The second-order valence-electron chi connectivity index (χ2n) is 3.32. The van der Waals surface area contributed by atoms with E-state index < -0.39 is 5.91 Å². The van der Waals surface area contributed by atoms with E-state index in [4.69, 9.17) is 11.6 Å². The van der Waals surface area contributed by atoms with Crippen molar-refractivity contribution in [1.29, 1.82) is 0 Å². The largest absolute Gasteiger partial charge is 0.505 e. The maximum absolute atomic E-state index is 11.9. The molecule has 1 amide bonds. The van der Waals surface area contributed by atoms with E-state index in [1.54, 1.807) is 6.07 Å². The molecule has 7 heteroatoms. The van der Waals surface area contributed by atoms with Crippen LogP contribution in [0.15, 0.2) is 35.1 Å². The first-order valence-corrected chi connectivity index (χ1v) is 6.01. The van der Waals surface area contributed by atoms with Crippen LogP contribution in [0, 0.1) is 0 Å². The summed E-state index contributed by atoms with van der Waals surface area (Å²) >= 11 is 9.06. The van der Waals surface area contributed by atoms with Gasteiger partial charge < -0.3 is 10.4 Å². The highest BCUT2D eigenvalue weighted by Gasteiger charge is 2.14. The highest BCUT2D eigenvalue weighted by atomic mass is 79.9. The van der Waals surface area contributed by atoms with Gasteiger partial charge in [-0.15, -0.1) is 0 Å². The van der Waals surface area contributed by atoms with Gasteiger partial charge >= 0.3 is 0 Å². The molecule has 0 atom stereocenters. The molecule has 0 aromatic carbocycles. The standard InChI is InChI=1S/C11H7BrClN3O2/c12-6-4-7(10(13)15-5-6)16-11(18)9-8(17)2-1-3-14-9/h1-5,17H,(H,16,18). The monoisotopic (exact) mass is 327 g/mol. The average molecular weight is 329 g/mol. The van der Waals surface area contributed by atoms with Gasteiger partial charge in [-0.1, -0.05) is 11.6 Å². The first-order valence-electron chi connectivity index (χ1n) is 4.84. The predicted octanol–water partition coefficient (Wildman–Crippen LogP) is 2.85. The predicted molar refractivity (Wildman–Crippen MR) is 70.8 cm³/mol. The number of carbonyl (C=O) groups excluding carboxylic acids is 1. The van der Waals surface area contributed by atoms with Gasteiger partial charge in [0.25, 0.3) is 5.91 Å². The summed E-state index contributed by atoms with van der Waals surface area (Å²) in [6.07, 6.45) is 2.92. The Morgan fingerprint density at radius 1 is 1.44 bits per heavy atom. The molecule has 0 spiro atoms. The second-order valence-corrected chi connectivity index (χ2v) is 4.59. The van der Waals surface area contributed by atoms with Crippen molar-refractivity contribution in [3.05, 3.63) is 45.9 Å². The van der Waals surface area contributed by atoms with E-state index in [2.05, 4.69) is 31.2 Å². The van der Waals surface area contributed by atoms with Gasteiger partial charge in [0.1, 0.15) is 5.75 Å². The van der Waals surface area contributed by atoms with Gasteiger partial charge in [0, 0.05) is 16.9 Å². The van der Waals surface area contributed by atoms with Crippen LogP contribution >= 0.6 is 27.5 Å². The third-order valence-electron chi connectivity index (χ3n) is 2.06. The number of aromatic hydroxyl groups is 1. The number of nitrogens with zero attached hydrogens (tertiary/aromatic N) is 2. The van der Waals surface area contributed by atoms with E-state index in [1.165, 1.54) is 24.5 Å². The number of nitrogens with one attached hydrogen (secondary N) is 1. The zero-order valence-electron chi connectivity index (χ0n) is 8.89. The van der Waals surface area contributed by atoms with Crippen molar-refractivity contribution in [3.8, 4) is 5.75 Å². The Balaban J connectivity index is 2.27. The minimum Gasteiger partial charge on any atom is -0.505 e. The highest BCUT2D eigenvalue weighted by Crippen LogP contribution is 2.24. The van der Waals surface area contributed by atoms with Crippen LogP contribution in [-0.4, -0.2) is 21.0 Å². The highest BCUT2D eigenvalue weighted by molar-refractivity contribution is 9.10. The second kappa shape index (κ2) is 5.32. The van der Waals surface area contributed by atoms with E-state index in [-0.39, 0.29) is 16.6 Å². The van der Waals surface area contributed by atoms with Crippen LogP contribution < -0.4 is 5.32 Å². The minimum absolute atomic E-state index is 0.0754. The van der Waals surface area contributed by atoms with E-state index >= 15 is 0 Å². The van der Waals surface area contributed by atoms with Crippen LogP contribution in [-0.2, 0) is 0 Å². The number of hydrogen-bond donors (Lipinski definition) is 2. The normalized spacial score (nSPS) is 10.1. The van der Waals surface area contributed by atoms with Crippen molar-refractivity contribution in [2.45, 2.75) is 0 Å². The lowest BCUT2D eigenvalue weighted by molar-refractivity contribution is 0.101. The smallest absolute Gasteiger partial charge is 0.278 e. The maximum atomic E-state index is 11.9. The number of halogens is 2. The Hall–Kier alpha value is -1.66. The number of anilines is 1. The van der Waals surface area contributed by atoms with Gasteiger partial charge in [0.05, 0.1) is 5.69 Å². The molecule has 92 valence electrons. The first-order chi connectivity index (χ1) is 8.58. The third-order valence-corrected chi connectivity index (χ3v) is 2.79. The molecule has 18 heavy (non-hydrogen) atoms. The summed E-state index contributed by atoms with van der Waals surface area (Å²) < 4.78 is 0.674. The lowest BCUT2D eigenvalue weighted by Crippen LogP contribution is -2.14. The van der Waals surface area contributed by atoms with E-state index in [9.17, 15) is 9.90 Å². The van der Waals surface area contributed by atoms with Crippen LogP contribution in [0.4, 0.5) is 5.69 Å². The summed E-state index contributed by atoms with van der Waals surface area (Å²) in [6, 6.07) is 4.51. The van der Waals surface area contributed by atoms with Crippen LogP contribution in [0.3, 0.4) is 0 Å². The van der Waals surface area contributed by atoms with Crippen LogP contribution in [0.2, 0.25) is 5.15 Å². The van der Waals surface area contributed by atoms with Gasteiger partial charge in [0.15, 0.2) is 10.8 Å². The van der Waals surface area contributed by atoms with Crippen molar-refractivity contribution in [2.75, 3.05) is 5.32 Å². The van der Waals surface area contributed by atoms with Crippen LogP contribution in [0.1, 0.15) is 10.5 Å². The molecule has 0 saturated carbocycles. The molecule has 0 fully saturated rings. The molecule has 2 heterocycles. The summed E-state index contributed by atoms with van der Waals surface area (Å²) in [6.45, 7) is 0. The summed E-state index contributed by atoms with van der Waals surface area (Å²) in [5.41, 5.74) is 0.259. The molecule has 2 rings (SSSR count). The number of carbonyl (C=O) groups is 1. The molecule has 0 radical (unpaired) electrons. The molecule has 2 N–H and O–H groups in total. The number of aromatic nitrogens is 2. The van der Waals surface area contributed by atoms with E-state index in [0.717, 1.165) is 0 Å². The molecule has 0 aliphatic rings. The Morgan fingerprint density at radius 2 is 2.22 bits per heavy atom. The molecule has 2 aromatic heterocycles. The van der Waals surface area contributed by atoms with Crippen molar-refractivity contribution in [3.63, 3.8) is 0 Å². The van der Waals surface area contributed by atoms with Crippen molar-refractivity contribution in [1.82, 2.24) is 9.97 Å². The van der Waals surface area contributed by atoms with Gasteiger partial charge in [-0.3, -0.25) is 4.79 Å². The molecule has 2 aromatic rings. The molecule has 0 unspecified atom stereocenters. The molecule has 0 saturated heterocycles. The molecule has 5 nitrogen and oxygen atoms in total. The average Bonchev–Trinajstić information content (AvgIpc) is 2.34. The molecule has 0 bridgehead atoms. The maximum Gasteiger partial charge on any atom is 0.278 e. The Morgan fingerprint density at radius 3 is 2.94 bits per heavy atom. The fourth-order valence-corrected chi connectivity index (χ4v) is 1.75. The van der Waals surface area contributed by atoms with Crippen molar-refractivity contribution in [2.24, 2.45) is 0 Å². The van der Waals surface area contributed by atoms with Crippen LogP contribution in [0.25, 0.3) is 0 Å². The summed E-state index contributed by atoms with van der Waals surface area (Å²) in [7, 11) is 0. The fourth-order valence-electron chi connectivity index (χ4n) is 1.26. The van der Waals surface area contributed by atoms with E-state index in [0.29, 0.717) is 10.2 Å². The summed E-state index contributed by atoms with van der Waals surface area (Å²) in [4.78, 5) is 19.5.